The van der Waals surface area contributed by atoms with Gasteiger partial charge in [0.15, 0.2) is 5.13 Å². The lowest BCUT2D eigenvalue weighted by molar-refractivity contribution is 0.620. The van der Waals surface area contributed by atoms with Gasteiger partial charge in [0.1, 0.15) is 5.82 Å². The number of hydrogen-bond donors (Lipinski definition) is 2. The molecule has 102 valence electrons. The van der Waals surface area contributed by atoms with E-state index in [0.717, 1.165) is 26.6 Å². The number of nitrogens with one attached hydrogen (secondary N) is 1. The molecular formula is C14H11BrFN3S. The monoisotopic (exact) mass is 351 g/mol. The molecule has 2 aromatic carbocycles. The molecule has 0 atom stereocenters. The molecule has 0 aliphatic rings. The van der Waals surface area contributed by atoms with Crippen LogP contribution in [0.5, 0.6) is 0 Å². The minimum atomic E-state index is -0.273. The van der Waals surface area contributed by atoms with Crippen LogP contribution in [0.1, 0.15) is 5.56 Å². The number of rotatable bonds is 2. The van der Waals surface area contributed by atoms with Crippen molar-refractivity contribution in [2.45, 2.75) is 6.92 Å². The summed E-state index contributed by atoms with van der Waals surface area (Å²) in [6.45, 7) is 1.85. The highest BCUT2D eigenvalue weighted by Gasteiger charge is 2.08. The molecular weight excluding hydrogens is 341 g/mol. The summed E-state index contributed by atoms with van der Waals surface area (Å²) in [6, 6.07) is 8.81. The molecule has 3 rings (SSSR count). The fraction of sp³-hybridized carbons (Fsp3) is 0.0714. The summed E-state index contributed by atoms with van der Waals surface area (Å²) in [5, 5.41) is 3.98. The Kier molecular flexibility index (Phi) is 3.35. The maximum absolute atomic E-state index is 13.4. The highest BCUT2D eigenvalue weighted by Crippen LogP contribution is 2.32. The van der Waals surface area contributed by atoms with Crippen molar-refractivity contribution < 1.29 is 4.39 Å². The minimum Gasteiger partial charge on any atom is -0.399 e. The van der Waals surface area contributed by atoms with E-state index in [4.69, 9.17) is 5.73 Å². The Balaban J connectivity index is 1.99. The van der Waals surface area contributed by atoms with Crippen LogP contribution in [-0.4, -0.2) is 4.98 Å². The van der Waals surface area contributed by atoms with Gasteiger partial charge in [-0.25, -0.2) is 9.37 Å². The van der Waals surface area contributed by atoms with Crippen molar-refractivity contribution in [3.8, 4) is 0 Å². The number of fused-ring (bicyclic) bond motifs is 1. The molecule has 0 radical (unpaired) electrons. The molecule has 0 bridgehead atoms. The van der Waals surface area contributed by atoms with Gasteiger partial charge < -0.3 is 11.1 Å². The molecule has 0 amide bonds. The van der Waals surface area contributed by atoms with Gasteiger partial charge in [0.25, 0.3) is 0 Å². The van der Waals surface area contributed by atoms with Gasteiger partial charge in [-0.3, -0.25) is 0 Å². The lowest BCUT2D eigenvalue weighted by Gasteiger charge is -2.07. The quantitative estimate of drug-likeness (QED) is 0.650. The van der Waals surface area contributed by atoms with Gasteiger partial charge in [-0.15, -0.1) is 0 Å². The predicted molar refractivity (Wildman–Crippen MR) is 86.2 cm³/mol. The zero-order chi connectivity index (χ0) is 14.3. The molecule has 0 unspecified atom stereocenters. The molecule has 3 nitrogen and oxygen atoms in total. The van der Waals surface area contributed by atoms with Crippen LogP contribution in [0, 0.1) is 12.7 Å². The van der Waals surface area contributed by atoms with Crippen LogP contribution >= 0.6 is 27.3 Å². The SMILES string of the molecule is Cc1cc(F)c(Br)cc1Nc1nc2ccc(N)cc2s1. The fourth-order valence-corrected chi connectivity index (χ4v) is 3.16. The number of thiazole rings is 1. The molecule has 3 N–H and O–H groups in total. The molecule has 20 heavy (non-hydrogen) atoms. The molecule has 0 saturated carbocycles. The Labute approximate surface area is 127 Å². The number of nitrogens with zero attached hydrogens (tertiary/aromatic N) is 1. The minimum absolute atomic E-state index is 0.273. The highest BCUT2D eigenvalue weighted by atomic mass is 79.9. The van der Waals surface area contributed by atoms with Crippen molar-refractivity contribution in [1.82, 2.24) is 4.98 Å². The van der Waals surface area contributed by atoms with Gasteiger partial charge in [0.2, 0.25) is 0 Å². The molecule has 0 spiro atoms. The van der Waals surface area contributed by atoms with E-state index < -0.39 is 0 Å². The van der Waals surface area contributed by atoms with Crippen LogP contribution in [0.3, 0.4) is 0 Å². The number of nitrogens with two attached hydrogens (primary N) is 1. The second kappa shape index (κ2) is 5.03. The van der Waals surface area contributed by atoms with Crippen LogP contribution in [0.4, 0.5) is 20.9 Å². The summed E-state index contributed by atoms with van der Waals surface area (Å²) in [4.78, 5) is 4.49. The van der Waals surface area contributed by atoms with Gasteiger partial charge in [0.05, 0.1) is 14.7 Å². The van der Waals surface area contributed by atoms with Gasteiger partial charge >= 0.3 is 0 Å². The Morgan fingerprint density at radius 1 is 1.30 bits per heavy atom. The topological polar surface area (TPSA) is 50.9 Å². The van der Waals surface area contributed by atoms with Crippen molar-refractivity contribution in [1.29, 1.82) is 0 Å². The van der Waals surface area contributed by atoms with Crippen LogP contribution in [-0.2, 0) is 0 Å². The number of anilines is 3. The zero-order valence-electron chi connectivity index (χ0n) is 10.6. The average Bonchev–Trinajstić information content (AvgIpc) is 2.77. The lowest BCUT2D eigenvalue weighted by Crippen LogP contribution is -1.94. The van der Waals surface area contributed by atoms with Crippen molar-refractivity contribution in [3.63, 3.8) is 0 Å². The Bertz CT molecular complexity index is 800. The summed E-state index contributed by atoms with van der Waals surface area (Å²) < 4.78 is 14.9. The largest absolute Gasteiger partial charge is 0.399 e. The Morgan fingerprint density at radius 2 is 2.10 bits per heavy atom. The smallest absolute Gasteiger partial charge is 0.188 e. The summed E-state index contributed by atoms with van der Waals surface area (Å²) in [7, 11) is 0. The molecule has 0 aliphatic heterocycles. The number of aromatic nitrogens is 1. The molecule has 0 aliphatic carbocycles. The summed E-state index contributed by atoms with van der Waals surface area (Å²) in [6.07, 6.45) is 0. The van der Waals surface area contributed by atoms with Crippen molar-refractivity contribution >= 4 is 54.0 Å². The highest BCUT2D eigenvalue weighted by molar-refractivity contribution is 9.10. The van der Waals surface area contributed by atoms with Gasteiger partial charge in [0, 0.05) is 11.4 Å². The van der Waals surface area contributed by atoms with E-state index in [1.807, 2.05) is 25.1 Å². The van der Waals surface area contributed by atoms with Gasteiger partial charge in [-0.1, -0.05) is 11.3 Å². The predicted octanol–water partition coefficient (Wildman–Crippen LogP) is 4.83. The summed E-state index contributed by atoms with van der Waals surface area (Å²) in [5.74, 6) is -0.273. The van der Waals surface area contributed by atoms with Crippen LogP contribution in [0.2, 0.25) is 0 Å². The third kappa shape index (κ3) is 2.48. The van der Waals surface area contributed by atoms with E-state index in [1.54, 1.807) is 6.07 Å². The standard InChI is InChI=1S/C14H11BrFN3S/c1-7-4-10(16)9(15)6-12(7)19-14-18-11-3-2-8(17)5-13(11)20-14/h2-6H,17H2,1H3,(H,18,19). The third-order valence-corrected chi connectivity index (χ3v) is 4.46. The number of nitrogen functional groups attached to an aromatic ring is 1. The molecule has 6 heteroatoms. The number of benzene rings is 2. The molecule has 0 fully saturated rings. The summed E-state index contributed by atoms with van der Waals surface area (Å²) >= 11 is 4.70. The van der Waals surface area contributed by atoms with Crippen LogP contribution in [0.15, 0.2) is 34.8 Å². The first-order chi connectivity index (χ1) is 9.52. The lowest BCUT2D eigenvalue weighted by atomic mass is 10.2. The van der Waals surface area contributed by atoms with E-state index in [-0.39, 0.29) is 5.82 Å². The third-order valence-electron chi connectivity index (χ3n) is 2.92. The Hall–Kier alpha value is -1.66. The Morgan fingerprint density at radius 3 is 2.90 bits per heavy atom. The van der Waals surface area contributed by atoms with E-state index in [9.17, 15) is 4.39 Å². The van der Waals surface area contributed by atoms with E-state index in [2.05, 4.69) is 26.2 Å². The van der Waals surface area contributed by atoms with Crippen molar-refractivity contribution in [2.75, 3.05) is 11.1 Å². The van der Waals surface area contributed by atoms with Crippen molar-refractivity contribution in [2.24, 2.45) is 0 Å². The van der Waals surface area contributed by atoms with Crippen LogP contribution < -0.4 is 11.1 Å². The van der Waals surface area contributed by atoms with E-state index in [1.165, 1.54) is 17.4 Å². The molecule has 1 aromatic heterocycles. The molecule has 0 saturated heterocycles. The normalized spacial score (nSPS) is 10.9. The zero-order valence-corrected chi connectivity index (χ0v) is 13.0. The van der Waals surface area contributed by atoms with Gasteiger partial charge in [-0.05, 0) is 58.7 Å². The first-order valence-electron chi connectivity index (χ1n) is 5.91. The first kappa shape index (κ1) is 13.3. The number of hydrogen-bond acceptors (Lipinski definition) is 4. The number of aryl methyl sites for hydroxylation is 1. The van der Waals surface area contributed by atoms with Gasteiger partial charge in [-0.2, -0.15) is 0 Å². The maximum atomic E-state index is 13.4. The molecule has 3 aromatic rings. The second-order valence-corrected chi connectivity index (χ2v) is 6.34. The number of halogens is 2. The fourth-order valence-electron chi connectivity index (χ4n) is 1.89. The second-order valence-electron chi connectivity index (χ2n) is 4.45. The van der Waals surface area contributed by atoms with Crippen molar-refractivity contribution in [3.05, 3.63) is 46.2 Å². The van der Waals surface area contributed by atoms with E-state index >= 15 is 0 Å². The maximum Gasteiger partial charge on any atom is 0.188 e. The molecule has 1 heterocycles. The van der Waals surface area contributed by atoms with E-state index in [0.29, 0.717) is 10.2 Å². The average molecular weight is 352 g/mol. The summed E-state index contributed by atoms with van der Waals surface area (Å²) in [5.41, 5.74) is 9.02. The first-order valence-corrected chi connectivity index (χ1v) is 7.52. The van der Waals surface area contributed by atoms with Crippen LogP contribution in [0.25, 0.3) is 10.2 Å².